The molecule has 0 aliphatic carbocycles. The first-order valence-corrected chi connectivity index (χ1v) is 11.7. The van der Waals surface area contributed by atoms with Crippen molar-refractivity contribution in [1.82, 2.24) is 14.8 Å². The predicted molar refractivity (Wildman–Crippen MR) is 131 cm³/mol. The number of thioether (sulfide) groups is 1. The smallest absolute Gasteiger partial charge is 0.234 e. The number of amides is 1. The van der Waals surface area contributed by atoms with E-state index in [1.165, 1.54) is 17.3 Å². The highest BCUT2D eigenvalue weighted by Gasteiger charge is 2.15. The molecule has 3 aromatic rings. The quantitative estimate of drug-likeness (QED) is 0.297. The molecule has 1 N–H and O–H groups in total. The molecule has 0 bridgehead atoms. The lowest BCUT2D eigenvalue weighted by Gasteiger charge is -2.11. The van der Waals surface area contributed by atoms with E-state index in [4.69, 9.17) is 16.3 Å². The molecule has 168 valence electrons. The van der Waals surface area contributed by atoms with E-state index >= 15 is 0 Å². The average Bonchev–Trinajstić information content (AvgIpc) is 3.15. The number of nitrogens with one attached hydrogen (secondary N) is 1. The third kappa shape index (κ3) is 6.37. The zero-order chi connectivity index (χ0) is 23.1. The fraction of sp³-hybridized carbons (Fsp3) is 0.292. The Morgan fingerprint density at radius 2 is 2.00 bits per heavy atom. The summed E-state index contributed by atoms with van der Waals surface area (Å²) in [7, 11) is 0. The second-order valence-corrected chi connectivity index (χ2v) is 8.99. The molecule has 1 aromatic heterocycles. The molecule has 2 aromatic carbocycles. The van der Waals surface area contributed by atoms with Gasteiger partial charge in [0, 0.05) is 17.3 Å². The zero-order valence-electron chi connectivity index (χ0n) is 18.5. The molecular weight excluding hydrogens is 444 g/mol. The molecule has 8 heteroatoms. The minimum Gasteiger partial charge on any atom is -0.486 e. The number of aryl methyl sites for hydroxylation is 1. The van der Waals surface area contributed by atoms with E-state index in [0.717, 1.165) is 17.0 Å². The first-order valence-electron chi connectivity index (χ1n) is 10.3. The van der Waals surface area contributed by atoms with Crippen LogP contribution in [-0.2, 0) is 17.9 Å². The normalized spacial score (nSPS) is 10.9. The fourth-order valence-electron chi connectivity index (χ4n) is 3.03. The van der Waals surface area contributed by atoms with E-state index < -0.39 is 0 Å². The standard InChI is InChI=1S/C24H27ClN4O2S/c1-5-12-29-22(14-31-20-9-6-18(7-10-20)16(2)3)27-28-24(29)32-15-23(30)26-21-11-8-19(25)13-17(21)4/h5-11,13,16H,1,12,14-15H2,2-4H3,(H,26,30). The Kier molecular flexibility index (Phi) is 8.36. The molecule has 32 heavy (non-hydrogen) atoms. The van der Waals surface area contributed by atoms with Crippen molar-refractivity contribution in [3.8, 4) is 5.75 Å². The summed E-state index contributed by atoms with van der Waals surface area (Å²) in [6.07, 6.45) is 1.77. The van der Waals surface area contributed by atoms with E-state index in [9.17, 15) is 4.79 Å². The van der Waals surface area contributed by atoms with Crippen LogP contribution in [0.3, 0.4) is 0 Å². The summed E-state index contributed by atoms with van der Waals surface area (Å²) in [4.78, 5) is 12.4. The Balaban J connectivity index is 1.61. The van der Waals surface area contributed by atoms with Gasteiger partial charge in [0.25, 0.3) is 0 Å². The van der Waals surface area contributed by atoms with Crippen molar-refractivity contribution < 1.29 is 9.53 Å². The molecule has 0 saturated carbocycles. The number of allylic oxidation sites excluding steroid dienone is 1. The third-order valence-electron chi connectivity index (χ3n) is 4.81. The topological polar surface area (TPSA) is 69.0 Å². The molecule has 0 atom stereocenters. The van der Waals surface area contributed by atoms with Crippen LogP contribution in [-0.4, -0.2) is 26.4 Å². The monoisotopic (exact) mass is 470 g/mol. The second-order valence-electron chi connectivity index (χ2n) is 7.61. The van der Waals surface area contributed by atoms with Crippen LogP contribution in [0.15, 0.2) is 60.3 Å². The summed E-state index contributed by atoms with van der Waals surface area (Å²) in [5, 5.41) is 12.7. The first-order chi connectivity index (χ1) is 15.4. The largest absolute Gasteiger partial charge is 0.486 e. The molecule has 1 heterocycles. The number of hydrogen-bond acceptors (Lipinski definition) is 5. The van der Waals surface area contributed by atoms with Crippen molar-refractivity contribution in [2.75, 3.05) is 11.1 Å². The van der Waals surface area contributed by atoms with Crippen LogP contribution in [0.2, 0.25) is 5.02 Å². The van der Waals surface area contributed by atoms with E-state index in [-0.39, 0.29) is 18.3 Å². The number of hydrogen-bond donors (Lipinski definition) is 1. The zero-order valence-corrected chi connectivity index (χ0v) is 20.0. The first kappa shape index (κ1) is 23.9. The van der Waals surface area contributed by atoms with Gasteiger partial charge in [0.1, 0.15) is 12.4 Å². The van der Waals surface area contributed by atoms with E-state index in [0.29, 0.717) is 28.5 Å². The Morgan fingerprint density at radius 1 is 1.25 bits per heavy atom. The summed E-state index contributed by atoms with van der Waals surface area (Å²) < 4.78 is 7.80. The van der Waals surface area contributed by atoms with Crippen molar-refractivity contribution in [2.24, 2.45) is 0 Å². The van der Waals surface area contributed by atoms with Gasteiger partial charge in [0.15, 0.2) is 11.0 Å². The van der Waals surface area contributed by atoms with Gasteiger partial charge >= 0.3 is 0 Å². The maximum absolute atomic E-state index is 12.4. The summed E-state index contributed by atoms with van der Waals surface area (Å²) in [5.41, 5.74) is 2.91. The van der Waals surface area contributed by atoms with Gasteiger partial charge in [0.2, 0.25) is 5.91 Å². The Hall–Kier alpha value is -2.77. The highest BCUT2D eigenvalue weighted by atomic mass is 35.5. The summed E-state index contributed by atoms with van der Waals surface area (Å²) >= 11 is 7.29. The minimum absolute atomic E-state index is 0.128. The van der Waals surface area contributed by atoms with E-state index in [1.807, 2.05) is 29.7 Å². The van der Waals surface area contributed by atoms with Crippen LogP contribution in [0.5, 0.6) is 5.75 Å². The van der Waals surface area contributed by atoms with Gasteiger partial charge in [0.05, 0.1) is 5.75 Å². The molecule has 3 rings (SSSR count). The average molecular weight is 471 g/mol. The van der Waals surface area contributed by atoms with Crippen molar-refractivity contribution in [1.29, 1.82) is 0 Å². The Morgan fingerprint density at radius 3 is 2.66 bits per heavy atom. The summed E-state index contributed by atoms with van der Waals surface area (Å²) in [6.45, 7) is 10.8. The lowest BCUT2D eigenvalue weighted by molar-refractivity contribution is -0.113. The number of halogens is 1. The van der Waals surface area contributed by atoms with Gasteiger partial charge in [-0.2, -0.15) is 0 Å². The minimum atomic E-state index is -0.128. The third-order valence-corrected chi connectivity index (χ3v) is 6.02. The van der Waals surface area contributed by atoms with Gasteiger partial charge in [-0.25, -0.2) is 0 Å². The SMILES string of the molecule is C=CCn1c(COc2ccc(C(C)C)cc2)nnc1SCC(=O)Nc1ccc(Cl)cc1C. The molecule has 0 saturated heterocycles. The van der Waals surface area contributed by atoms with Crippen molar-refractivity contribution in [3.05, 3.63) is 77.1 Å². The van der Waals surface area contributed by atoms with Crippen LogP contribution >= 0.6 is 23.4 Å². The predicted octanol–water partition coefficient (Wildman–Crippen LogP) is 5.86. The van der Waals surface area contributed by atoms with Gasteiger partial charge in [-0.05, 0) is 54.3 Å². The molecule has 0 fully saturated rings. The van der Waals surface area contributed by atoms with Crippen molar-refractivity contribution >= 4 is 35.0 Å². The number of aromatic nitrogens is 3. The number of benzene rings is 2. The number of ether oxygens (including phenoxy) is 1. The lowest BCUT2D eigenvalue weighted by atomic mass is 10.0. The maximum atomic E-state index is 12.4. The molecule has 1 amide bonds. The lowest BCUT2D eigenvalue weighted by Crippen LogP contribution is -2.15. The van der Waals surface area contributed by atoms with Crippen LogP contribution in [0.1, 0.15) is 36.7 Å². The highest BCUT2D eigenvalue weighted by Crippen LogP contribution is 2.23. The number of rotatable bonds is 10. The molecule has 0 radical (unpaired) electrons. The number of nitrogens with zero attached hydrogens (tertiary/aromatic N) is 3. The van der Waals surface area contributed by atoms with Crippen molar-refractivity contribution in [3.63, 3.8) is 0 Å². The van der Waals surface area contributed by atoms with Gasteiger partial charge < -0.3 is 10.1 Å². The number of anilines is 1. The van der Waals surface area contributed by atoms with Crippen LogP contribution in [0.25, 0.3) is 0 Å². The Bertz CT molecular complexity index is 1080. The Labute approximate surface area is 198 Å². The molecule has 6 nitrogen and oxygen atoms in total. The van der Waals surface area contributed by atoms with Gasteiger partial charge in [-0.1, -0.05) is 55.4 Å². The van der Waals surface area contributed by atoms with Crippen LogP contribution in [0, 0.1) is 6.92 Å². The summed E-state index contributed by atoms with van der Waals surface area (Å²) in [5.74, 6) is 2.00. The van der Waals surface area contributed by atoms with E-state index in [1.54, 1.807) is 18.2 Å². The molecule has 0 spiro atoms. The van der Waals surface area contributed by atoms with Gasteiger partial charge in [-0.3, -0.25) is 9.36 Å². The fourth-order valence-corrected chi connectivity index (χ4v) is 4.02. The number of carbonyl (C=O) groups excluding carboxylic acids is 1. The molecular formula is C24H27ClN4O2S. The van der Waals surface area contributed by atoms with E-state index in [2.05, 4.69) is 48.1 Å². The summed E-state index contributed by atoms with van der Waals surface area (Å²) in [6, 6.07) is 13.4. The molecule has 0 unspecified atom stereocenters. The van der Waals surface area contributed by atoms with Crippen LogP contribution in [0.4, 0.5) is 5.69 Å². The van der Waals surface area contributed by atoms with Crippen molar-refractivity contribution in [2.45, 2.75) is 45.0 Å². The molecule has 0 aliphatic heterocycles. The van der Waals surface area contributed by atoms with Gasteiger partial charge in [-0.15, -0.1) is 16.8 Å². The maximum Gasteiger partial charge on any atom is 0.234 e. The number of carbonyl (C=O) groups is 1. The molecule has 0 aliphatic rings. The second kappa shape index (κ2) is 11.2. The van der Waals surface area contributed by atoms with Crippen LogP contribution < -0.4 is 10.1 Å². The highest BCUT2D eigenvalue weighted by molar-refractivity contribution is 7.99.